The van der Waals surface area contributed by atoms with Gasteiger partial charge in [0.25, 0.3) is 5.69 Å². The first kappa shape index (κ1) is 15.4. The quantitative estimate of drug-likeness (QED) is 0.639. The second-order valence-corrected chi connectivity index (χ2v) is 6.85. The lowest BCUT2D eigenvalue weighted by molar-refractivity contribution is -0.385. The Balaban J connectivity index is 2.89. The Morgan fingerprint density at radius 1 is 1.42 bits per heavy atom. The molecule has 0 heterocycles. The summed E-state index contributed by atoms with van der Waals surface area (Å²) in [6.45, 7) is 4.98. The molecule has 0 spiro atoms. The van der Waals surface area contributed by atoms with Gasteiger partial charge in [-0.3, -0.25) is 10.1 Å². The largest absolute Gasteiger partial charge is 0.381 e. The van der Waals surface area contributed by atoms with Crippen molar-refractivity contribution in [3.63, 3.8) is 0 Å². The van der Waals surface area contributed by atoms with E-state index in [1.807, 2.05) is 0 Å². The number of nitrogens with one attached hydrogen (secondary N) is 1. The Kier molecular flexibility index (Phi) is 4.88. The van der Waals surface area contributed by atoms with E-state index in [1.165, 1.54) is 6.07 Å². The molecule has 0 fully saturated rings. The summed E-state index contributed by atoms with van der Waals surface area (Å²) in [6.07, 6.45) is 0. The van der Waals surface area contributed by atoms with Crippen molar-refractivity contribution in [2.45, 2.75) is 26.8 Å². The van der Waals surface area contributed by atoms with E-state index in [1.54, 1.807) is 32.9 Å². The van der Waals surface area contributed by atoms with Gasteiger partial charge < -0.3 is 5.32 Å². The van der Waals surface area contributed by atoms with Gasteiger partial charge in [0.05, 0.1) is 10.7 Å². The van der Waals surface area contributed by atoms with Gasteiger partial charge in [-0.05, 0) is 19.9 Å². The van der Waals surface area contributed by atoms with Crippen molar-refractivity contribution < 1.29 is 13.3 Å². The van der Waals surface area contributed by atoms with Crippen LogP contribution in [0.4, 0.5) is 11.4 Å². The van der Waals surface area contributed by atoms with Crippen molar-refractivity contribution >= 4 is 21.2 Å². The zero-order valence-corrected chi connectivity index (χ0v) is 12.0. The Morgan fingerprint density at radius 3 is 2.58 bits per heavy atom. The standard InChI is InChI=1S/C12H18N2O4S/c1-4-19(17,18)8-9(2)13-11-6-5-7-12(10(11)3)14(15)16/h5-7,9,13H,4,8H2,1-3H3. The third-order valence-corrected chi connectivity index (χ3v) is 4.74. The van der Waals surface area contributed by atoms with Gasteiger partial charge >= 0.3 is 0 Å². The van der Waals surface area contributed by atoms with Crippen molar-refractivity contribution in [1.29, 1.82) is 0 Å². The molecular formula is C12H18N2O4S. The molecule has 1 N–H and O–H groups in total. The van der Waals surface area contributed by atoms with Crippen molar-refractivity contribution in [2.24, 2.45) is 0 Å². The van der Waals surface area contributed by atoms with Crippen molar-refractivity contribution in [3.8, 4) is 0 Å². The molecule has 0 saturated heterocycles. The van der Waals surface area contributed by atoms with E-state index < -0.39 is 14.8 Å². The Labute approximate surface area is 112 Å². The van der Waals surface area contributed by atoms with Crippen LogP contribution in [0.5, 0.6) is 0 Å². The minimum absolute atomic E-state index is 0.00559. The number of rotatable bonds is 6. The monoisotopic (exact) mass is 286 g/mol. The van der Waals surface area contributed by atoms with E-state index in [0.29, 0.717) is 11.3 Å². The lowest BCUT2D eigenvalue weighted by atomic mass is 10.1. The molecule has 1 unspecified atom stereocenters. The van der Waals surface area contributed by atoms with Gasteiger partial charge in [0.15, 0.2) is 9.84 Å². The molecule has 1 rings (SSSR count). The van der Waals surface area contributed by atoms with Crippen LogP contribution in [-0.2, 0) is 9.84 Å². The van der Waals surface area contributed by atoms with Gasteiger partial charge in [0, 0.05) is 29.1 Å². The van der Waals surface area contributed by atoms with E-state index in [4.69, 9.17) is 0 Å². The van der Waals surface area contributed by atoms with Gasteiger partial charge in [0.2, 0.25) is 0 Å². The molecule has 7 heteroatoms. The van der Waals surface area contributed by atoms with Crippen molar-refractivity contribution in [1.82, 2.24) is 0 Å². The Bertz CT molecular complexity index is 569. The fraction of sp³-hybridized carbons (Fsp3) is 0.500. The summed E-state index contributed by atoms with van der Waals surface area (Å²) >= 11 is 0. The van der Waals surface area contributed by atoms with Crippen molar-refractivity contribution in [2.75, 3.05) is 16.8 Å². The van der Waals surface area contributed by atoms with Crippen LogP contribution in [0.1, 0.15) is 19.4 Å². The van der Waals surface area contributed by atoms with Crippen LogP contribution in [0.15, 0.2) is 18.2 Å². The van der Waals surface area contributed by atoms with E-state index in [9.17, 15) is 18.5 Å². The molecule has 0 amide bonds. The molecular weight excluding hydrogens is 268 g/mol. The summed E-state index contributed by atoms with van der Waals surface area (Å²) < 4.78 is 23.0. The normalized spacial score (nSPS) is 13.0. The summed E-state index contributed by atoms with van der Waals surface area (Å²) in [5.41, 5.74) is 1.12. The second-order valence-electron chi connectivity index (χ2n) is 4.45. The highest BCUT2D eigenvalue weighted by Gasteiger charge is 2.17. The molecule has 0 bridgehead atoms. The first-order valence-corrected chi connectivity index (χ1v) is 7.80. The smallest absolute Gasteiger partial charge is 0.274 e. The van der Waals surface area contributed by atoms with E-state index in [2.05, 4.69) is 5.32 Å². The topological polar surface area (TPSA) is 89.3 Å². The van der Waals surface area contributed by atoms with Crippen LogP contribution in [0.2, 0.25) is 0 Å². The number of nitro benzene ring substituents is 1. The summed E-state index contributed by atoms with van der Waals surface area (Å²) in [6, 6.07) is 4.41. The predicted molar refractivity (Wildman–Crippen MR) is 75.2 cm³/mol. The van der Waals surface area contributed by atoms with Gasteiger partial charge in [-0.25, -0.2) is 8.42 Å². The fourth-order valence-electron chi connectivity index (χ4n) is 1.78. The van der Waals surface area contributed by atoms with Crippen LogP contribution in [0.3, 0.4) is 0 Å². The van der Waals surface area contributed by atoms with E-state index >= 15 is 0 Å². The fourth-order valence-corrected chi connectivity index (χ4v) is 2.86. The second kappa shape index (κ2) is 6.01. The first-order chi connectivity index (χ1) is 8.76. The van der Waals surface area contributed by atoms with Crippen LogP contribution in [0, 0.1) is 17.0 Å². The number of nitrogens with zero attached hydrogens (tertiary/aromatic N) is 1. The molecule has 1 atom stereocenters. The Hall–Kier alpha value is -1.63. The third-order valence-electron chi connectivity index (χ3n) is 2.85. The highest BCUT2D eigenvalue weighted by atomic mass is 32.2. The average Bonchev–Trinajstić information content (AvgIpc) is 2.30. The number of anilines is 1. The van der Waals surface area contributed by atoms with Crippen LogP contribution in [-0.4, -0.2) is 30.9 Å². The summed E-state index contributed by atoms with van der Waals surface area (Å²) in [5, 5.41) is 13.8. The number of hydrogen-bond acceptors (Lipinski definition) is 5. The molecule has 0 aromatic heterocycles. The molecule has 1 aromatic rings. The van der Waals surface area contributed by atoms with Crippen LogP contribution >= 0.6 is 0 Å². The lowest BCUT2D eigenvalue weighted by Crippen LogP contribution is -2.27. The molecule has 1 aromatic carbocycles. The maximum Gasteiger partial charge on any atom is 0.274 e. The SMILES string of the molecule is CCS(=O)(=O)CC(C)Nc1cccc([N+](=O)[O-])c1C. The summed E-state index contributed by atoms with van der Waals surface area (Å²) in [4.78, 5) is 10.4. The molecule has 0 aliphatic carbocycles. The maximum absolute atomic E-state index is 11.5. The molecule has 19 heavy (non-hydrogen) atoms. The molecule has 106 valence electrons. The summed E-state index contributed by atoms with van der Waals surface area (Å²) in [7, 11) is -3.07. The highest BCUT2D eigenvalue weighted by molar-refractivity contribution is 7.91. The molecule has 0 saturated carbocycles. The van der Waals surface area contributed by atoms with Gasteiger partial charge in [-0.15, -0.1) is 0 Å². The first-order valence-electron chi connectivity index (χ1n) is 5.97. The third kappa shape index (κ3) is 4.20. The molecule has 6 nitrogen and oxygen atoms in total. The molecule has 0 radical (unpaired) electrons. The van der Waals surface area contributed by atoms with E-state index in [-0.39, 0.29) is 23.2 Å². The highest BCUT2D eigenvalue weighted by Crippen LogP contribution is 2.25. The minimum Gasteiger partial charge on any atom is -0.381 e. The van der Waals surface area contributed by atoms with Crippen LogP contribution < -0.4 is 5.32 Å². The van der Waals surface area contributed by atoms with E-state index in [0.717, 1.165) is 0 Å². The molecule has 0 aliphatic heterocycles. The lowest BCUT2D eigenvalue weighted by Gasteiger charge is -2.16. The zero-order valence-electron chi connectivity index (χ0n) is 11.2. The zero-order chi connectivity index (χ0) is 14.6. The van der Waals surface area contributed by atoms with Gasteiger partial charge in [-0.1, -0.05) is 13.0 Å². The average molecular weight is 286 g/mol. The number of sulfone groups is 1. The number of hydrogen-bond donors (Lipinski definition) is 1. The Morgan fingerprint density at radius 2 is 2.05 bits per heavy atom. The van der Waals surface area contributed by atoms with Crippen LogP contribution in [0.25, 0.3) is 0 Å². The van der Waals surface area contributed by atoms with Gasteiger partial charge in [-0.2, -0.15) is 0 Å². The summed E-state index contributed by atoms with van der Waals surface area (Å²) in [5.74, 6) is 0.0958. The number of nitro groups is 1. The van der Waals surface area contributed by atoms with Gasteiger partial charge in [0.1, 0.15) is 0 Å². The predicted octanol–water partition coefficient (Wildman–Crippen LogP) is 2.14. The molecule has 0 aliphatic rings. The maximum atomic E-state index is 11.5. The van der Waals surface area contributed by atoms with Crippen molar-refractivity contribution in [3.05, 3.63) is 33.9 Å². The number of benzene rings is 1. The minimum atomic E-state index is -3.07.